The molecule has 0 heterocycles. The lowest BCUT2D eigenvalue weighted by Gasteiger charge is -2.19. The van der Waals surface area contributed by atoms with E-state index in [0.29, 0.717) is 28.9 Å². The van der Waals surface area contributed by atoms with Crippen LogP contribution in [-0.4, -0.2) is 18.5 Å². The van der Waals surface area contributed by atoms with Crippen LogP contribution in [0.2, 0.25) is 10.0 Å². The summed E-state index contributed by atoms with van der Waals surface area (Å²) in [4.78, 5) is 12.0. The highest BCUT2D eigenvalue weighted by molar-refractivity contribution is 6.42. The number of halogens is 3. The zero-order valence-corrected chi connectivity index (χ0v) is 13.4. The zero-order valence-electron chi connectivity index (χ0n) is 11.1. The Morgan fingerprint density at radius 3 is 2.70 bits per heavy atom. The minimum absolute atomic E-state index is 0. The van der Waals surface area contributed by atoms with Crippen LogP contribution in [0.3, 0.4) is 0 Å². The Balaban J connectivity index is 0.00000200. The van der Waals surface area contributed by atoms with Gasteiger partial charge in [-0.3, -0.25) is 4.79 Å². The van der Waals surface area contributed by atoms with Crippen molar-refractivity contribution in [3.63, 3.8) is 0 Å². The van der Waals surface area contributed by atoms with Gasteiger partial charge in [0.05, 0.1) is 16.5 Å². The van der Waals surface area contributed by atoms with Gasteiger partial charge in [-0.2, -0.15) is 0 Å². The second-order valence-corrected chi connectivity index (χ2v) is 5.84. The topological polar surface area (TPSA) is 55.1 Å². The monoisotopic (exact) mass is 336 g/mol. The molecule has 1 saturated carbocycles. The summed E-state index contributed by atoms with van der Waals surface area (Å²) in [5, 5.41) is 4.05. The first-order chi connectivity index (χ1) is 9.10. The number of amides is 1. The molecule has 0 bridgehead atoms. The van der Waals surface area contributed by atoms with Gasteiger partial charge >= 0.3 is 0 Å². The molecular weight excluding hydrogens is 319 g/mol. The first-order valence-electron chi connectivity index (χ1n) is 6.53. The Hall–Kier alpha value is -0.480. The maximum absolute atomic E-state index is 12.0. The normalized spacial score (nSPS) is 21.4. The average molecular weight is 338 g/mol. The number of nitrogens with one attached hydrogen (secondary N) is 1. The second kappa shape index (κ2) is 8.08. The van der Waals surface area contributed by atoms with Crippen molar-refractivity contribution in [2.24, 2.45) is 11.7 Å². The lowest BCUT2D eigenvalue weighted by molar-refractivity contribution is -0.121. The lowest BCUT2D eigenvalue weighted by atomic mass is 10.0. The Labute approximate surface area is 135 Å². The molecule has 2 atom stereocenters. The fourth-order valence-electron chi connectivity index (χ4n) is 2.60. The molecule has 3 N–H and O–H groups in total. The molecule has 1 aromatic carbocycles. The summed E-state index contributed by atoms with van der Waals surface area (Å²) in [5.41, 5.74) is 6.58. The van der Waals surface area contributed by atoms with Crippen LogP contribution in [0.1, 0.15) is 24.8 Å². The molecule has 0 aliphatic heterocycles. The lowest BCUT2D eigenvalue weighted by Crippen LogP contribution is -2.40. The van der Waals surface area contributed by atoms with E-state index in [1.807, 2.05) is 6.07 Å². The summed E-state index contributed by atoms with van der Waals surface area (Å²) in [6, 6.07) is 5.49. The summed E-state index contributed by atoms with van der Waals surface area (Å²) < 4.78 is 0. The summed E-state index contributed by atoms with van der Waals surface area (Å²) in [5.74, 6) is 0.432. The molecule has 1 aromatic rings. The second-order valence-electron chi connectivity index (χ2n) is 5.03. The highest BCUT2D eigenvalue weighted by Gasteiger charge is 2.27. The Morgan fingerprint density at radius 2 is 2.05 bits per heavy atom. The van der Waals surface area contributed by atoms with Crippen molar-refractivity contribution in [2.45, 2.75) is 31.7 Å². The molecular formula is C14H19Cl3N2O. The molecule has 3 nitrogen and oxygen atoms in total. The van der Waals surface area contributed by atoms with Gasteiger partial charge in [0.15, 0.2) is 0 Å². The van der Waals surface area contributed by atoms with Crippen LogP contribution in [0.25, 0.3) is 0 Å². The standard InChI is InChI=1S/C14H18Cl2N2O.ClH/c15-11-5-4-9(6-12(11)16)7-14(19)18-13-3-1-2-10(13)8-17;/h4-6,10,13H,1-3,7-8,17H2,(H,18,19);1H. The van der Waals surface area contributed by atoms with Crippen molar-refractivity contribution in [3.05, 3.63) is 33.8 Å². The van der Waals surface area contributed by atoms with E-state index in [0.717, 1.165) is 24.8 Å². The highest BCUT2D eigenvalue weighted by Crippen LogP contribution is 2.25. The van der Waals surface area contributed by atoms with Crippen LogP contribution >= 0.6 is 35.6 Å². The van der Waals surface area contributed by atoms with Gasteiger partial charge in [-0.1, -0.05) is 35.7 Å². The average Bonchev–Trinajstić information content (AvgIpc) is 2.81. The molecule has 0 radical (unpaired) electrons. The molecule has 1 aliphatic rings. The van der Waals surface area contributed by atoms with Crippen LogP contribution in [0.15, 0.2) is 18.2 Å². The van der Waals surface area contributed by atoms with Crippen molar-refractivity contribution in [1.82, 2.24) is 5.32 Å². The van der Waals surface area contributed by atoms with Crippen LogP contribution in [0.5, 0.6) is 0 Å². The van der Waals surface area contributed by atoms with Crippen LogP contribution in [0, 0.1) is 5.92 Å². The quantitative estimate of drug-likeness (QED) is 0.886. The molecule has 0 saturated heterocycles. The third kappa shape index (κ3) is 4.52. The molecule has 112 valence electrons. The van der Waals surface area contributed by atoms with Gasteiger partial charge in [0.2, 0.25) is 5.91 Å². The first kappa shape index (κ1) is 17.6. The van der Waals surface area contributed by atoms with Crippen molar-refractivity contribution >= 4 is 41.5 Å². The molecule has 2 rings (SSSR count). The maximum atomic E-state index is 12.0. The highest BCUT2D eigenvalue weighted by atomic mass is 35.5. The van der Waals surface area contributed by atoms with Gasteiger partial charge < -0.3 is 11.1 Å². The Bertz CT molecular complexity index is 468. The third-order valence-corrected chi connectivity index (χ3v) is 4.40. The van der Waals surface area contributed by atoms with Gasteiger partial charge in [0.25, 0.3) is 0 Å². The number of carbonyl (C=O) groups is 1. The summed E-state index contributed by atoms with van der Waals surface area (Å²) in [6.07, 6.45) is 3.59. The molecule has 20 heavy (non-hydrogen) atoms. The molecule has 1 aliphatic carbocycles. The SMILES string of the molecule is Cl.NCC1CCCC1NC(=O)Cc1ccc(Cl)c(Cl)c1. The van der Waals surface area contributed by atoms with E-state index in [1.165, 1.54) is 0 Å². The van der Waals surface area contributed by atoms with E-state index in [-0.39, 0.29) is 24.4 Å². The van der Waals surface area contributed by atoms with Crippen molar-refractivity contribution < 1.29 is 4.79 Å². The van der Waals surface area contributed by atoms with E-state index in [4.69, 9.17) is 28.9 Å². The van der Waals surface area contributed by atoms with Crippen LogP contribution in [-0.2, 0) is 11.2 Å². The predicted octanol–water partition coefficient (Wildman–Crippen LogP) is 3.20. The fourth-order valence-corrected chi connectivity index (χ4v) is 2.92. The molecule has 1 amide bonds. The molecule has 2 unspecified atom stereocenters. The van der Waals surface area contributed by atoms with Gasteiger partial charge in [-0.15, -0.1) is 12.4 Å². The van der Waals surface area contributed by atoms with Gasteiger partial charge in [0, 0.05) is 6.04 Å². The number of carbonyl (C=O) groups excluding carboxylic acids is 1. The van der Waals surface area contributed by atoms with Crippen LogP contribution < -0.4 is 11.1 Å². The Morgan fingerprint density at radius 1 is 1.30 bits per heavy atom. The number of hydrogen-bond acceptors (Lipinski definition) is 2. The van der Waals surface area contributed by atoms with Gasteiger partial charge in [0.1, 0.15) is 0 Å². The number of hydrogen-bond donors (Lipinski definition) is 2. The number of nitrogens with two attached hydrogens (primary N) is 1. The van der Waals surface area contributed by atoms with E-state index >= 15 is 0 Å². The molecule has 0 spiro atoms. The van der Waals surface area contributed by atoms with Gasteiger partial charge in [-0.05, 0) is 43.0 Å². The zero-order chi connectivity index (χ0) is 13.8. The van der Waals surface area contributed by atoms with Gasteiger partial charge in [-0.25, -0.2) is 0 Å². The van der Waals surface area contributed by atoms with E-state index < -0.39 is 0 Å². The van der Waals surface area contributed by atoms with E-state index in [1.54, 1.807) is 12.1 Å². The smallest absolute Gasteiger partial charge is 0.224 e. The van der Waals surface area contributed by atoms with Crippen molar-refractivity contribution in [3.8, 4) is 0 Å². The number of benzene rings is 1. The minimum atomic E-state index is 0. The predicted molar refractivity (Wildman–Crippen MR) is 85.7 cm³/mol. The Kier molecular flexibility index (Phi) is 7.10. The minimum Gasteiger partial charge on any atom is -0.353 e. The number of rotatable bonds is 4. The van der Waals surface area contributed by atoms with Crippen LogP contribution in [0.4, 0.5) is 0 Å². The molecule has 0 aromatic heterocycles. The first-order valence-corrected chi connectivity index (χ1v) is 7.29. The molecule has 1 fully saturated rings. The summed E-state index contributed by atoms with van der Waals surface area (Å²) in [7, 11) is 0. The fraction of sp³-hybridized carbons (Fsp3) is 0.500. The van der Waals surface area contributed by atoms with E-state index in [2.05, 4.69) is 5.32 Å². The van der Waals surface area contributed by atoms with E-state index in [9.17, 15) is 4.79 Å². The summed E-state index contributed by atoms with van der Waals surface area (Å²) in [6.45, 7) is 0.637. The molecule has 6 heteroatoms. The summed E-state index contributed by atoms with van der Waals surface area (Å²) >= 11 is 11.8. The third-order valence-electron chi connectivity index (χ3n) is 3.66. The van der Waals surface area contributed by atoms with Crippen molar-refractivity contribution in [2.75, 3.05) is 6.54 Å². The van der Waals surface area contributed by atoms with Crippen molar-refractivity contribution in [1.29, 1.82) is 0 Å². The maximum Gasteiger partial charge on any atom is 0.224 e. The largest absolute Gasteiger partial charge is 0.353 e.